The van der Waals surface area contributed by atoms with Crippen molar-refractivity contribution in [2.45, 2.75) is 19.9 Å². The quantitative estimate of drug-likeness (QED) is 0.678. The predicted molar refractivity (Wildman–Crippen MR) is 92.5 cm³/mol. The predicted octanol–water partition coefficient (Wildman–Crippen LogP) is 1.86. The Kier molecular flexibility index (Phi) is 3.65. The number of fused-ring (bicyclic) bond motifs is 2. The lowest BCUT2D eigenvalue weighted by Crippen LogP contribution is -2.34. The average Bonchev–Trinajstić information content (AvgIpc) is 2.85. The lowest BCUT2D eigenvalue weighted by molar-refractivity contribution is 0.0759. The Labute approximate surface area is 142 Å². The van der Waals surface area contributed by atoms with E-state index in [0.717, 1.165) is 16.9 Å². The standard InChI is InChI=1S/C17H16N4O2S/c1-11-10-24-15-14(11)19-13-4-7-20(8-9-21(13)17(15)23)16(22)12-2-5-18-6-3-12/h2-3,5-6,10H,4,7-9H2,1H3. The van der Waals surface area contributed by atoms with Crippen LogP contribution in [0.1, 0.15) is 21.7 Å². The van der Waals surface area contributed by atoms with Crippen molar-refractivity contribution in [1.29, 1.82) is 0 Å². The molecule has 7 heteroatoms. The highest BCUT2D eigenvalue weighted by atomic mass is 32.1. The van der Waals surface area contributed by atoms with Gasteiger partial charge in [0.2, 0.25) is 0 Å². The summed E-state index contributed by atoms with van der Waals surface area (Å²) in [4.78, 5) is 35.7. The van der Waals surface area contributed by atoms with Gasteiger partial charge < -0.3 is 4.90 Å². The first kappa shape index (κ1) is 15.0. The Morgan fingerprint density at radius 2 is 2.00 bits per heavy atom. The number of rotatable bonds is 1. The number of hydrogen-bond acceptors (Lipinski definition) is 5. The first-order valence-electron chi connectivity index (χ1n) is 7.82. The molecule has 4 rings (SSSR count). The number of amides is 1. The van der Waals surface area contributed by atoms with Crippen LogP contribution in [0.5, 0.6) is 0 Å². The van der Waals surface area contributed by atoms with E-state index in [-0.39, 0.29) is 11.5 Å². The smallest absolute Gasteiger partial charge is 0.271 e. The van der Waals surface area contributed by atoms with Crippen molar-refractivity contribution in [3.05, 3.63) is 57.2 Å². The highest BCUT2D eigenvalue weighted by Gasteiger charge is 2.22. The highest BCUT2D eigenvalue weighted by Crippen LogP contribution is 2.21. The molecule has 0 unspecified atom stereocenters. The Morgan fingerprint density at radius 1 is 1.21 bits per heavy atom. The van der Waals surface area contributed by atoms with Crippen molar-refractivity contribution in [1.82, 2.24) is 19.4 Å². The summed E-state index contributed by atoms with van der Waals surface area (Å²) in [6.45, 7) is 3.51. The largest absolute Gasteiger partial charge is 0.336 e. The van der Waals surface area contributed by atoms with E-state index in [9.17, 15) is 9.59 Å². The molecule has 6 nitrogen and oxygen atoms in total. The molecular formula is C17H16N4O2S. The van der Waals surface area contributed by atoms with Crippen molar-refractivity contribution in [3.8, 4) is 0 Å². The van der Waals surface area contributed by atoms with E-state index in [2.05, 4.69) is 9.97 Å². The van der Waals surface area contributed by atoms with E-state index < -0.39 is 0 Å². The lowest BCUT2D eigenvalue weighted by atomic mass is 10.2. The van der Waals surface area contributed by atoms with E-state index in [1.807, 2.05) is 12.3 Å². The molecule has 0 saturated carbocycles. The van der Waals surface area contributed by atoms with E-state index >= 15 is 0 Å². The summed E-state index contributed by atoms with van der Waals surface area (Å²) in [6, 6.07) is 3.42. The average molecular weight is 340 g/mol. The minimum Gasteiger partial charge on any atom is -0.336 e. The zero-order valence-corrected chi connectivity index (χ0v) is 14.0. The van der Waals surface area contributed by atoms with Gasteiger partial charge in [0.15, 0.2) is 0 Å². The third-order valence-corrected chi connectivity index (χ3v) is 5.42. The SMILES string of the molecule is Cc1csc2c(=O)n3c(nc12)CCN(C(=O)c1ccncc1)CC3. The minimum absolute atomic E-state index is 0.00584. The first-order chi connectivity index (χ1) is 11.6. The number of aryl methyl sites for hydroxylation is 1. The van der Waals surface area contributed by atoms with Crippen molar-refractivity contribution < 1.29 is 4.79 Å². The van der Waals surface area contributed by atoms with Gasteiger partial charge in [-0.1, -0.05) is 0 Å². The van der Waals surface area contributed by atoms with Gasteiger partial charge in [-0.2, -0.15) is 0 Å². The number of nitrogens with zero attached hydrogens (tertiary/aromatic N) is 4. The van der Waals surface area contributed by atoms with E-state index in [1.165, 1.54) is 11.3 Å². The molecule has 0 radical (unpaired) electrons. The van der Waals surface area contributed by atoms with Crippen molar-refractivity contribution in [2.24, 2.45) is 0 Å². The molecule has 0 atom stereocenters. The van der Waals surface area contributed by atoms with E-state index in [1.54, 1.807) is 34.0 Å². The van der Waals surface area contributed by atoms with Gasteiger partial charge in [0.05, 0.1) is 5.52 Å². The summed E-state index contributed by atoms with van der Waals surface area (Å²) in [5, 5.41) is 1.97. The minimum atomic E-state index is -0.0313. The normalized spacial score (nSPS) is 14.5. The first-order valence-corrected chi connectivity index (χ1v) is 8.70. The van der Waals surface area contributed by atoms with Crippen LogP contribution in [0.25, 0.3) is 10.2 Å². The molecule has 0 fully saturated rings. The van der Waals surface area contributed by atoms with Crippen LogP contribution in [-0.4, -0.2) is 38.4 Å². The van der Waals surface area contributed by atoms with E-state index in [0.29, 0.717) is 36.3 Å². The molecule has 24 heavy (non-hydrogen) atoms. The summed E-state index contributed by atoms with van der Waals surface area (Å²) < 4.78 is 2.42. The van der Waals surface area contributed by atoms with Crippen LogP contribution in [0.4, 0.5) is 0 Å². The number of pyridine rings is 1. The molecule has 0 aromatic carbocycles. The van der Waals surface area contributed by atoms with Crippen LogP contribution in [0.15, 0.2) is 34.7 Å². The second kappa shape index (κ2) is 5.83. The van der Waals surface area contributed by atoms with Gasteiger partial charge in [-0.3, -0.25) is 19.1 Å². The topological polar surface area (TPSA) is 68.1 Å². The maximum atomic E-state index is 12.7. The van der Waals surface area contributed by atoms with Crippen LogP contribution >= 0.6 is 11.3 Å². The zero-order chi connectivity index (χ0) is 16.7. The number of carbonyl (C=O) groups is 1. The van der Waals surface area contributed by atoms with Crippen LogP contribution < -0.4 is 5.56 Å². The molecule has 3 aromatic heterocycles. The number of aromatic nitrogens is 3. The van der Waals surface area contributed by atoms with Gasteiger partial charge in [-0.15, -0.1) is 11.3 Å². The molecule has 0 spiro atoms. The van der Waals surface area contributed by atoms with Crippen LogP contribution in [-0.2, 0) is 13.0 Å². The molecule has 1 aliphatic rings. The number of hydrogen-bond donors (Lipinski definition) is 0. The maximum Gasteiger partial charge on any atom is 0.271 e. The molecule has 0 saturated heterocycles. The molecule has 122 valence electrons. The zero-order valence-electron chi connectivity index (χ0n) is 13.2. The second-order valence-electron chi connectivity index (χ2n) is 5.86. The molecule has 3 aromatic rings. The lowest BCUT2D eigenvalue weighted by Gasteiger charge is -2.19. The van der Waals surface area contributed by atoms with Crippen molar-refractivity contribution in [3.63, 3.8) is 0 Å². The van der Waals surface area contributed by atoms with E-state index in [4.69, 9.17) is 0 Å². The highest BCUT2D eigenvalue weighted by molar-refractivity contribution is 7.17. The summed E-state index contributed by atoms with van der Waals surface area (Å²) in [5.41, 5.74) is 2.45. The fraction of sp³-hybridized carbons (Fsp3) is 0.294. The molecule has 4 heterocycles. The summed E-state index contributed by atoms with van der Waals surface area (Å²) >= 11 is 1.44. The fourth-order valence-electron chi connectivity index (χ4n) is 3.03. The summed E-state index contributed by atoms with van der Waals surface area (Å²) in [6.07, 6.45) is 3.81. The Balaban J connectivity index is 1.67. The number of carbonyl (C=O) groups excluding carboxylic acids is 1. The Morgan fingerprint density at radius 3 is 2.79 bits per heavy atom. The van der Waals surface area contributed by atoms with Gasteiger partial charge in [-0.25, -0.2) is 4.98 Å². The summed E-state index contributed by atoms with van der Waals surface area (Å²) in [5.74, 6) is 0.732. The number of thiophene rings is 1. The molecular weight excluding hydrogens is 324 g/mol. The van der Waals surface area contributed by atoms with Gasteiger partial charge >= 0.3 is 0 Å². The molecule has 1 amide bonds. The Hall–Kier alpha value is -2.54. The van der Waals surface area contributed by atoms with Gasteiger partial charge in [0.25, 0.3) is 11.5 Å². The molecule has 1 aliphatic heterocycles. The van der Waals surface area contributed by atoms with Gasteiger partial charge in [-0.05, 0) is 30.0 Å². The second-order valence-corrected chi connectivity index (χ2v) is 6.74. The molecule has 0 N–H and O–H groups in total. The third kappa shape index (κ3) is 2.41. The molecule has 0 bridgehead atoms. The molecule has 0 aliphatic carbocycles. The van der Waals surface area contributed by atoms with Gasteiger partial charge in [0.1, 0.15) is 10.5 Å². The summed E-state index contributed by atoms with van der Waals surface area (Å²) in [7, 11) is 0. The third-order valence-electron chi connectivity index (χ3n) is 4.35. The fourth-order valence-corrected chi connectivity index (χ4v) is 3.96. The monoisotopic (exact) mass is 340 g/mol. The van der Waals surface area contributed by atoms with Gasteiger partial charge in [0, 0.05) is 44.0 Å². The van der Waals surface area contributed by atoms with Crippen molar-refractivity contribution >= 4 is 27.5 Å². The van der Waals surface area contributed by atoms with Crippen LogP contribution in [0, 0.1) is 6.92 Å². The van der Waals surface area contributed by atoms with Crippen LogP contribution in [0.2, 0.25) is 0 Å². The van der Waals surface area contributed by atoms with Crippen LogP contribution in [0.3, 0.4) is 0 Å². The maximum absolute atomic E-state index is 12.7. The van der Waals surface area contributed by atoms with Crippen molar-refractivity contribution in [2.75, 3.05) is 13.1 Å². The Bertz CT molecular complexity index is 977.